The van der Waals surface area contributed by atoms with E-state index in [0.29, 0.717) is 5.69 Å². The molecule has 0 bridgehead atoms. The number of benzene rings is 2. The second kappa shape index (κ2) is 8.93. The Balaban J connectivity index is 1.76. The van der Waals surface area contributed by atoms with Crippen LogP contribution in [-0.2, 0) is 9.59 Å². The van der Waals surface area contributed by atoms with Gasteiger partial charge in [0.15, 0.2) is 0 Å². The second-order valence-corrected chi connectivity index (χ2v) is 5.70. The van der Waals surface area contributed by atoms with Gasteiger partial charge in [0.25, 0.3) is 0 Å². The number of nitrogens with zero attached hydrogens (tertiary/aromatic N) is 1. The van der Waals surface area contributed by atoms with Gasteiger partial charge in [0, 0.05) is 22.9 Å². The number of anilines is 1. The smallest absolute Gasteiger partial charge is 0.240 e. The van der Waals surface area contributed by atoms with Crippen LogP contribution in [0.15, 0.2) is 58.1 Å². The molecular weight excluding hydrogens is 377 g/mol. The largest absolute Gasteiger partial charge is 0.325 e. The SMILES string of the molecule is O=C(CCC(=O)Nc1ccccc1Br)N/N=C\c1ccccc1F. The summed E-state index contributed by atoms with van der Waals surface area (Å²) in [6.45, 7) is 0. The molecule has 0 aliphatic carbocycles. The quantitative estimate of drug-likeness (QED) is 0.584. The van der Waals surface area contributed by atoms with Crippen LogP contribution in [0.5, 0.6) is 0 Å². The first-order valence-corrected chi connectivity index (χ1v) is 7.96. The van der Waals surface area contributed by atoms with Crippen molar-refractivity contribution in [3.8, 4) is 0 Å². The van der Waals surface area contributed by atoms with Crippen LogP contribution in [0.1, 0.15) is 18.4 Å². The van der Waals surface area contributed by atoms with E-state index in [9.17, 15) is 14.0 Å². The van der Waals surface area contributed by atoms with Crippen molar-refractivity contribution in [1.82, 2.24) is 5.43 Å². The Hall–Kier alpha value is -2.54. The number of carbonyl (C=O) groups excluding carboxylic acids is 2. The molecule has 0 radical (unpaired) electrons. The molecule has 0 saturated carbocycles. The summed E-state index contributed by atoms with van der Waals surface area (Å²) in [6, 6.07) is 13.3. The third-order valence-electron chi connectivity index (χ3n) is 3.03. The molecule has 0 unspecified atom stereocenters. The van der Waals surface area contributed by atoms with Crippen molar-refractivity contribution in [3.63, 3.8) is 0 Å². The zero-order valence-corrected chi connectivity index (χ0v) is 14.2. The van der Waals surface area contributed by atoms with Gasteiger partial charge in [-0.05, 0) is 34.1 Å². The van der Waals surface area contributed by atoms with E-state index in [1.54, 1.807) is 30.3 Å². The lowest BCUT2D eigenvalue weighted by molar-refractivity contribution is -0.124. The molecule has 24 heavy (non-hydrogen) atoms. The maximum Gasteiger partial charge on any atom is 0.240 e. The predicted octanol–water partition coefficient (Wildman–Crippen LogP) is 3.46. The number of amides is 2. The summed E-state index contributed by atoms with van der Waals surface area (Å²) < 4.78 is 14.1. The lowest BCUT2D eigenvalue weighted by atomic mass is 10.2. The van der Waals surface area contributed by atoms with Crippen LogP contribution >= 0.6 is 15.9 Å². The predicted molar refractivity (Wildman–Crippen MR) is 94.1 cm³/mol. The van der Waals surface area contributed by atoms with E-state index >= 15 is 0 Å². The third kappa shape index (κ3) is 5.58. The number of hydrogen-bond donors (Lipinski definition) is 2. The summed E-state index contributed by atoms with van der Waals surface area (Å²) in [6.07, 6.45) is 1.21. The van der Waals surface area contributed by atoms with Crippen molar-refractivity contribution in [1.29, 1.82) is 0 Å². The zero-order valence-electron chi connectivity index (χ0n) is 12.6. The third-order valence-corrected chi connectivity index (χ3v) is 3.72. The fourth-order valence-corrected chi connectivity index (χ4v) is 2.20. The lowest BCUT2D eigenvalue weighted by Gasteiger charge is -2.06. The molecule has 2 amide bonds. The maximum absolute atomic E-state index is 13.3. The number of hydrazone groups is 1. The number of para-hydroxylation sites is 1. The van der Waals surface area contributed by atoms with Crippen molar-refractivity contribution in [2.45, 2.75) is 12.8 Å². The van der Waals surface area contributed by atoms with Crippen LogP contribution in [0.4, 0.5) is 10.1 Å². The molecule has 5 nitrogen and oxygen atoms in total. The molecule has 0 aliphatic rings. The molecule has 7 heteroatoms. The number of halogens is 2. The van der Waals surface area contributed by atoms with E-state index in [0.717, 1.165) is 4.47 Å². The molecular formula is C17H15BrFN3O2. The fourth-order valence-electron chi connectivity index (χ4n) is 1.81. The molecule has 2 N–H and O–H groups in total. The summed E-state index contributed by atoms with van der Waals surface area (Å²) in [5.41, 5.74) is 3.17. The van der Waals surface area contributed by atoms with Gasteiger partial charge < -0.3 is 5.32 Å². The van der Waals surface area contributed by atoms with E-state index in [1.807, 2.05) is 6.07 Å². The van der Waals surface area contributed by atoms with Crippen LogP contribution in [-0.4, -0.2) is 18.0 Å². The number of nitrogens with one attached hydrogen (secondary N) is 2. The average Bonchev–Trinajstić information content (AvgIpc) is 2.57. The van der Waals surface area contributed by atoms with Crippen LogP contribution in [0.2, 0.25) is 0 Å². The molecule has 0 saturated heterocycles. The summed E-state index contributed by atoms with van der Waals surface area (Å²) >= 11 is 3.32. The summed E-state index contributed by atoms with van der Waals surface area (Å²) in [5, 5.41) is 6.38. The number of carbonyl (C=O) groups is 2. The Morgan fingerprint density at radius 3 is 2.46 bits per heavy atom. The van der Waals surface area contributed by atoms with Gasteiger partial charge in [0.2, 0.25) is 11.8 Å². The van der Waals surface area contributed by atoms with Crippen molar-refractivity contribution >= 4 is 39.6 Å². The number of hydrogen-bond acceptors (Lipinski definition) is 3. The van der Waals surface area contributed by atoms with Crippen LogP contribution < -0.4 is 10.7 Å². The molecule has 2 rings (SSSR count). The fraction of sp³-hybridized carbons (Fsp3) is 0.118. The summed E-state index contributed by atoms with van der Waals surface area (Å²) in [5.74, 6) is -1.14. The second-order valence-electron chi connectivity index (χ2n) is 4.84. The van der Waals surface area contributed by atoms with Crippen LogP contribution in [0.3, 0.4) is 0 Å². The first-order chi connectivity index (χ1) is 11.6. The molecule has 0 heterocycles. The van der Waals surface area contributed by atoms with Gasteiger partial charge in [-0.1, -0.05) is 30.3 Å². The molecule has 0 fully saturated rings. The van der Waals surface area contributed by atoms with Gasteiger partial charge in [-0.3, -0.25) is 9.59 Å². The molecule has 2 aromatic carbocycles. The Morgan fingerprint density at radius 2 is 1.71 bits per heavy atom. The molecule has 0 spiro atoms. The Bertz CT molecular complexity index is 765. The van der Waals surface area contributed by atoms with Gasteiger partial charge in [-0.25, -0.2) is 9.82 Å². The minimum atomic E-state index is -0.427. The minimum absolute atomic E-state index is 0.0163. The van der Waals surface area contributed by atoms with Crippen molar-refractivity contribution in [2.24, 2.45) is 5.10 Å². The summed E-state index contributed by atoms with van der Waals surface area (Å²) in [7, 11) is 0. The first-order valence-electron chi connectivity index (χ1n) is 7.17. The number of rotatable bonds is 6. The van der Waals surface area contributed by atoms with Crippen LogP contribution in [0, 0.1) is 5.82 Å². The minimum Gasteiger partial charge on any atom is -0.325 e. The van der Waals surface area contributed by atoms with E-state index in [-0.39, 0.29) is 24.3 Å². The standard InChI is InChI=1S/C17H15BrFN3O2/c18-13-6-2-4-8-15(13)21-16(23)9-10-17(24)22-20-11-12-5-1-3-7-14(12)19/h1-8,11H,9-10H2,(H,21,23)(H,22,24)/b20-11-. The Kier molecular flexibility index (Phi) is 6.62. The Labute approximate surface area is 147 Å². The highest BCUT2D eigenvalue weighted by Crippen LogP contribution is 2.21. The van der Waals surface area contributed by atoms with E-state index in [2.05, 4.69) is 31.8 Å². The normalized spacial score (nSPS) is 10.6. The van der Waals surface area contributed by atoms with Gasteiger partial charge in [0.1, 0.15) is 5.82 Å². The first kappa shape index (κ1) is 17.8. The molecule has 0 aliphatic heterocycles. The zero-order chi connectivity index (χ0) is 17.4. The molecule has 0 atom stereocenters. The Morgan fingerprint density at radius 1 is 1.04 bits per heavy atom. The lowest BCUT2D eigenvalue weighted by Crippen LogP contribution is -2.20. The van der Waals surface area contributed by atoms with E-state index < -0.39 is 11.7 Å². The van der Waals surface area contributed by atoms with E-state index in [4.69, 9.17) is 0 Å². The molecule has 0 aromatic heterocycles. The highest BCUT2D eigenvalue weighted by Gasteiger charge is 2.08. The van der Waals surface area contributed by atoms with Gasteiger partial charge in [0.05, 0.1) is 11.9 Å². The van der Waals surface area contributed by atoms with Gasteiger partial charge in [-0.15, -0.1) is 0 Å². The van der Waals surface area contributed by atoms with E-state index in [1.165, 1.54) is 18.3 Å². The van der Waals surface area contributed by atoms with Crippen molar-refractivity contribution < 1.29 is 14.0 Å². The summed E-state index contributed by atoms with van der Waals surface area (Å²) in [4.78, 5) is 23.4. The average molecular weight is 392 g/mol. The van der Waals surface area contributed by atoms with Gasteiger partial charge in [-0.2, -0.15) is 5.10 Å². The van der Waals surface area contributed by atoms with Crippen molar-refractivity contribution in [3.05, 3.63) is 64.4 Å². The maximum atomic E-state index is 13.3. The van der Waals surface area contributed by atoms with Crippen LogP contribution in [0.25, 0.3) is 0 Å². The topological polar surface area (TPSA) is 70.6 Å². The van der Waals surface area contributed by atoms with Gasteiger partial charge >= 0.3 is 0 Å². The highest BCUT2D eigenvalue weighted by atomic mass is 79.9. The monoisotopic (exact) mass is 391 g/mol. The highest BCUT2D eigenvalue weighted by molar-refractivity contribution is 9.10. The molecule has 124 valence electrons. The molecule has 2 aromatic rings. The van der Waals surface area contributed by atoms with Crippen molar-refractivity contribution in [2.75, 3.05) is 5.32 Å².